The number of imide groups is 1. The van der Waals surface area contributed by atoms with Gasteiger partial charge in [-0.25, -0.2) is 4.79 Å². The van der Waals surface area contributed by atoms with Crippen LogP contribution in [0.3, 0.4) is 0 Å². The van der Waals surface area contributed by atoms with E-state index in [1.807, 2.05) is 6.07 Å². The van der Waals surface area contributed by atoms with E-state index in [1.165, 1.54) is 4.90 Å². The molecule has 1 N–H and O–H groups in total. The van der Waals surface area contributed by atoms with E-state index in [9.17, 15) is 14.4 Å². The van der Waals surface area contributed by atoms with Crippen LogP contribution in [0.4, 0.5) is 10.5 Å². The van der Waals surface area contributed by atoms with Gasteiger partial charge in [0.05, 0.1) is 0 Å². The standard InChI is InChI=1S/C19H18ClN3O3/c1-19(14-10-6-7-11-15(14)20)17(25)23(18(26)21-19)12-16(24)22(2)13-8-4-3-5-9-13/h3-11H,12H2,1-2H3,(H,21,26). The molecule has 6 nitrogen and oxygen atoms in total. The number of hydrogen-bond donors (Lipinski definition) is 1. The van der Waals surface area contributed by atoms with E-state index in [2.05, 4.69) is 5.32 Å². The number of para-hydroxylation sites is 1. The molecule has 1 atom stereocenters. The molecule has 7 heteroatoms. The molecule has 0 saturated carbocycles. The number of nitrogens with zero attached hydrogens (tertiary/aromatic N) is 2. The summed E-state index contributed by atoms with van der Waals surface area (Å²) in [6, 6.07) is 15.2. The fourth-order valence-electron chi connectivity index (χ4n) is 2.93. The number of anilines is 1. The lowest BCUT2D eigenvalue weighted by Gasteiger charge is -2.24. The van der Waals surface area contributed by atoms with Crippen LogP contribution in [0.15, 0.2) is 54.6 Å². The first kappa shape index (κ1) is 17.9. The van der Waals surface area contributed by atoms with E-state index < -0.39 is 17.5 Å². The molecule has 1 aliphatic heterocycles. The molecule has 0 spiro atoms. The second-order valence-electron chi connectivity index (χ2n) is 6.21. The Hall–Kier alpha value is -2.86. The molecule has 2 aromatic carbocycles. The summed E-state index contributed by atoms with van der Waals surface area (Å²) in [6.45, 7) is 1.23. The SMILES string of the molecule is CN(C(=O)CN1C(=O)NC(C)(c2ccccc2Cl)C1=O)c1ccccc1. The highest BCUT2D eigenvalue weighted by molar-refractivity contribution is 6.32. The summed E-state index contributed by atoms with van der Waals surface area (Å²) < 4.78 is 0. The van der Waals surface area contributed by atoms with Crippen molar-refractivity contribution < 1.29 is 14.4 Å². The molecule has 0 aromatic heterocycles. The van der Waals surface area contributed by atoms with E-state index in [4.69, 9.17) is 11.6 Å². The number of halogens is 1. The van der Waals surface area contributed by atoms with Gasteiger partial charge in [-0.3, -0.25) is 14.5 Å². The minimum atomic E-state index is -1.30. The zero-order chi connectivity index (χ0) is 18.9. The molecule has 0 radical (unpaired) electrons. The average molecular weight is 372 g/mol. The first-order valence-electron chi connectivity index (χ1n) is 8.05. The van der Waals surface area contributed by atoms with Crippen LogP contribution in [0.1, 0.15) is 12.5 Å². The second kappa shape index (κ2) is 6.80. The monoisotopic (exact) mass is 371 g/mol. The van der Waals surface area contributed by atoms with Gasteiger partial charge in [0, 0.05) is 23.3 Å². The number of likely N-dealkylation sites (N-methyl/N-ethyl adjacent to an activating group) is 1. The summed E-state index contributed by atoms with van der Waals surface area (Å²) >= 11 is 6.19. The molecule has 0 bridgehead atoms. The van der Waals surface area contributed by atoms with Crippen molar-refractivity contribution in [1.29, 1.82) is 0 Å². The third kappa shape index (κ3) is 3.04. The Balaban J connectivity index is 1.82. The van der Waals surface area contributed by atoms with Crippen LogP contribution in [-0.2, 0) is 15.1 Å². The van der Waals surface area contributed by atoms with E-state index in [0.29, 0.717) is 16.3 Å². The Labute approximate surface area is 156 Å². The summed E-state index contributed by atoms with van der Waals surface area (Å²) in [5, 5.41) is 3.03. The van der Waals surface area contributed by atoms with Crippen molar-refractivity contribution in [2.24, 2.45) is 0 Å². The normalized spacial score (nSPS) is 19.4. The van der Waals surface area contributed by atoms with Crippen LogP contribution >= 0.6 is 11.6 Å². The predicted octanol–water partition coefficient (Wildman–Crippen LogP) is 2.77. The molecule has 26 heavy (non-hydrogen) atoms. The Morgan fingerprint density at radius 3 is 2.38 bits per heavy atom. The summed E-state index contributed by atoms with van der Waals surface area (Å²) in [5.41, 5.74) is -0.133. The molecule has 1 saturated heterocycles. The lowest BCUT2D eigenvalue weighted by Crippen LogP contribution is -2.43. The highest BCUT2D eigenvalue weighted by atomic mass is 35.5. The van der Waals surface area contributed by atoms with Crippen molar-refractivity contribution in [2.75, 3.05) is 18.5 Å². The highest BCUT2D eigenvalue weighted by Gasteiger charge is 2.50. The molecule has 1 unspecified atom stereocenters. The van der Waals surface area contributed by atoms with Gasteiger partial charge in [0.2, 0.25) is 5.91 Å². The predicted molar refractivity (Wildman–Crippen MR) is 98.9 cm³/mol. The van der Waals surface area contributed by atoms with Gasteiger partial charge in [0.1, 0.15) is 12.1 Å². The lowest BCUT2D eigenvalue weighted by molar-refractivity contribution is -0.134. The molecular weight excluding hydrogens is 354 g/mol. The zero-order valence-electron chi connectivity index (χ0n) is 14.4. The van der Waals surface area contributed by atoms with Crippen molar-refractivity contribution in [3.63, 3.8) is 0 Å². The zero-order valence-corrected chi connectivity index (χ0v) is 15.2. The first-order valence-corrected chi connectivity index (χ1v) is 8.43. The molecular formula is C19H18ClN3O3. The van der Waals surface area contributed by atoms with E-state index in [0.717, 1.165) is 4.90 Å². The fourth-order valence-corrected chi connectivity index (χ4v) is 3.25. The van der Waals surface area contributed by atoms with Crippen LogP contribution in [0.2, 0.25) is 5.02 Å². The van der Waals surface area contributed by atoms with Crippen molar-refractivity contribution >= 4 is 35.1 Å². The summed E-state index contributed by atoms with van der Waals surface area (Å²) in [5.74, 6) is -0.881. The number of urea groups is 1. The van der Waals surface area contributed by atoms with Crippen LogP contribution in [0.25, 0.3) is 0 Å². The van der Waals surface area contributed by atoms with Gasteiger partial charge in [-0.05, 0) is 25.1 Å². The Morgan fingerprint density at radius 2 is 1.73 bits per heavy atom. The minimum absolute atomic E-state index is 0.351. The van der Waals surface area contributed by atoms with Gasteiger partial charge < -0.3 is 10.2 Å². The first-order chi connectivity index (χ1) is 12.3. The van der Waals surface area contributed by atoms with Gasteiger partial charge in [-0.2, -0.15) is 0 Å². The third-order valence-electron chi connectivity index (χ3n) is 4.50. The molecule has 0 aliphatic carbocycles. The van der Waals surface area contributed by atoms with Crippen molar-refractivity contribution in [3.8, 4) is 0 Å². The van der Waals surface area contributed by atoms with Crippen molar-refractivity contribution in [3.05, 3.63) is 65.2 Å². The summed E-state index contributed by atoms with van der Waals surface area (Å²) in [6.07, 6.45) is 0. The third-order valence-corrected chi connectivity index (χ3v) is 4.83. The number of benzene rings is 2. The number of rotatable bonds is 4. The average Bonchev–Trinajstić information content (AvgIpc) is 2.86. The maximum Gasteiger partial charge on any atom is 0.325 e. The number of carbonyl (C=O) groups is 3. The number of carbonyl (C=O) groups excluding carboxylic acids is 3. The van der Waals surface area contributed by atoms with E-state index in [-0.39, 0.29) is 12.5 Å². The fraction of sp³-hybridized carbons (Fsp3) is 0.211. The number of amides is 4. The van der Waals surface area contributed by atoms with Crippen molar-refractivity contribution in [2.45, 2.75) is 12.5 Å². The van der Waals surface area contributed by atoms with Crippen LogP contribution in [0.5, 0.6) is 0 Å². The molecule has 4 amide bonds. The Morgan fingerprint density at radius 1 is 1.12 bits per heavy atom. The molecule has 1 aliphatic rings. The lowest BCUT2D eigenvalue weighted by atomic mass is 9.92. The van der Waals surface area contributed by atoms with Crippen LogP contribution in [-0.4, -0.2) is 36.3 Å². The van der Waals surface area contributed by atoms with Crippen molar-refractivity contribution in [1.82, 2.24) is 10.2 Å². The highest BCUT2D eigenvalue weighted by Crippen LogP contribution is 2.33. The summed E-state index contributed by atoms with van der Waals surface area (Å²) in [4.78, 5) is 40.1. The minimum Gasteiger partial charge on any atom is -0.319 e. The Bertz CT molecular complexity index is 871. The number of hydrogen-bond acceptors (Lipinski definition) is 3. The largest absolute Gasteiger partial charge is 0.325 e. The maximum atomic E-state index is 12.9. The molecule has 134 valence electrons. The molecule has 3 rings (SSSR count). The molecule has 1 fully saturated rings. The van der Waals surface area contributed by atoms with E-state index >= 15 is 0 Å². The van der Waals surface area contributed by atoms with Gasteiger partial charge >= 0.3 is 6.03 Å². The topological polar surface area (TPSA) is 69.7 Å². The van der Waals surface area contributed by atoms with Gasteiger partial charge in [-0.1, -0.05) is 48.0 Å². The quantitative estimate of drug-likeness (QED) is 0.840. The molecule has 1 heterocycles. The van der Waals surface area contributed by atoms with Crippen LogP contribution < -0.4 is 10.2 Å². The van der Waals surface area contributed by atoms with Gasteiger partial charge in [-0.15, -0.1) is 0 Å². The second-order valence-corrected chi connectivity index (χ2v) is 6.62. The number of nitrogens with one attached hydrogen (secondary N) is 1. The smallest absolute Gasteiger partial charge is 0.319 e. The maximum absolute atomic E-state index is 12.9. The van der Waals surface area contributed by atoms with Gasteiger partial charge in [0.25, 0.3) is 5.91 Å². The molecule has 2 aromatic rings. The van der Waals surface area contributed by atoms with Gasteiger partial charge in [0.15, 0.2) is 0 Å². The summed E-state index contributed by atoms with van der Waals surface area (Å²) in [7, 11) is 1.60. The van der Waals surface area contributed by atoms with E-state index in [1.54, 1.807) is 62.5 Å². The Kier molecular flexibility index (Phi) is 4.70. The van der Waals surface area contributed by atoms with Crippen LogP contribution in [0, 0.1) is 0 Å².